The molecular weight excluding hydrogens is 705 g/mol. The summed E-state index contributed by atoms with van der Waals surface area (Å²) < 4.78 is 0. The van der Waals surface area contributed by atoms with Crippen molar-refractivity contribution in [3.05, 3.63) is 194 Å². The van der Waals surface area contributed by atoms with Gasteiger partial charge in [-0.1, -0.05) is 164 Å². The molecule has 58 heavy (non-hydrogen) atoms. The van der Waals surface area contributed by atoms with Gasteiger partial charge < -0.3 is 0 Å². The molecule has 0 spiro atoms. The van der Waals surface area contributed by atoms with Crippen molar-refractivity contribution >= 4 is 64.6 Å². The fourth-order valence-electron chi connectivity index (χ4n) is 9.16. The van der Waals surface area contributed by atoms with Crippen molar-refractivity contribution in [2.75, 3.05) is 0 Å². The van der Waals surface area contributed by atoms with Crippen molar-refractivity contribution in [3.63, 3.8) is 0 Å². The zero-order chi connectivity index (χ0) is 38.2. The van der Waals surface area contributed by atoms with E-state index in [0.29, 0.717) is 17.5 Å². The molecule has 0 saturated carbocycles. The van der Waals surface area contributed by atoms with Crippen LogP contribution in [0.1, 0.15) is 0 Å². The van der Waals surface area contributed by atoms with E-state index in [1.807, 2.05) is 24.4 Å². The van der Waals surface area contributed by atoms with Gasteiger partial charge in [0.25, 0.3) is 0 Å². The first-order valence-electron chi connectivity index (χ1n) is 19.6. The Balaban J connectivity index is 1.21. The molecule has 268 valence electrons. The average Bonchev–Trinajstić information content (AvgIpc) is 3.30. The van der Waals surface area contributed by atoms with Crippen molar-refractivity contribution in [2.24, 2.45) is 0 Å². The third kappa shape index (κ3) is 5.02. The first kappa shape index (κ1) is 32.4. The van der Waals surface area contributed by atoms with Gasteiger partial charge in [0.05, 0.1) is 0 Å². The molecule has 12 rings (SSSR count). The lowest BCUT2D eigenvalue weighted by molar-refractivity contribution is 1.08. The number of benzene rings is 9. The molecular formula is C54H32N4. The van der Waals surface area contributed by atoms with Gasteiger partial charge in [-0.15, -0.1) is 0 Å². The molecule has 12 aromatic rings. The Labute approximate surface area is 334 Å². The standard InChI is InChI=1S/C54H32N4/c1-2-12-33(13-3-1)40-18-4-6-20-45(40)53-56-52(57-54(58-53)46-21-7-5-19-41(46)38-17-11-29-55-32-38)39-30-37-28-27-36-15-9-23-43-42-22-8-14-34-25-26-35-16-10-24-44(50(35)48(34)42)47(31-39)51(37)49(36)43/h1-32H. The summed E-state index contributed by atoms with van der Waals surface area (Å²) in [7, 11) is 0. The molecule has 0 radical (unpaired) electrons. The van der Waals surface area contributed by atoms with Crippen molar-refractivity contribution in [3.8, 4) is 56.4 Å². The molecule has 0 amide bonds. The molecule has 0 aliphatic rings. The lowest BCUT2D eigenvalue weighted by atomic mass is 9.87. The summed E-state index contributed by atoms with van der Waals surface area (Å²) >= 11 is 0. The van der Waals surface area contributed by atoms with E-state index in [1.165, 1.54) is 59.2 Å². The summed E-state index contributed by atoms with van der Waals surface area (Å²) in [5, 5.41) is 14.7. The molecule has 0 aliphatic heterocycles. The van der Waals surface area contributed by atoms with E-state index >= 15 is 0 Å². The van der Waals surface area contributed by atoms with Gasteiger partial charge in [0.2, 0.25) is 0 Å². The van der Waals surface area contributed by atoms with Crippen LogP contribution in [-0.2, 0) is 0 Å². The van der Waals surface area contributed by atoms with E-state index in [4.69, 9.17) is 15.0 Å². The highest BCUT2D eigenvalue weighted by molar-refractivity contribution is 6.37. The Bertz CT molecular complexity index is 3450. The third-order valence-electron chi connectivity index (χ3n) is 11.7. The largest absolute Gasteiger partial charge is 0.264 e. The first-order valence-corrected chi connectivity index (χ1v) is 19.6. The Kier molecular flexibility index (Phi) is 7.20. The maximum absolute atomic E-state index is 5.38. The van der Waals surface area contributed by atoms with E-state index in [1.54, 1.807) is 6.20 Å². The maximum Gasteiger partial charge on any atom is 0.164 e. The van der Waals surface area contributed by atoms with Crippen molar-refractivity contribution in [1.29, 1.82) is 0 Å². The summed E-state index contributed by atoms with van der Waals surface area (Å²) in [6.07, 6.45) is 3.69. The number of pyridine rings is 1. The number of fused-ring (bicyclic) bond motifs is 2. The van der Waals surface area contributed by atoms with Gasteiger partial charge in [-0.3, -0.25) is 4.98 Å². The number of nitrogens with zero attached hydrogens (tertiary/aromatic N) is 4. The van der Waals surface area contributed by atoms with Crippen LogP contribution in [0.25, 0.3) is 121 Å². The molecule has 0 atom stereocenters. The molecule has 0 saturated heterocycles. The van der Waals surface area contributed by atoms with E-state index in [-0.39, 0.29) is 0 Å². The highest BCUT2D eigenvalue weighted by Crippen LogP contribution is 2.45. The minimum atomic E-state index is 0.603. The molecule has 0 fully saturated rings. The van der Waals surface area contributed by atoms with Crippen LogP contribution in [0.3, 0.4) is 0 Å². The second-order valence-electron chi connectivity index (χ2n) is 15.0. The van der Waals surface area contributed by atoms with Crippen LogP contribution in [0, 0.1) is 0 Å². The summed E-state index contributed by atoms with van der Waals surface area (Å²) in [5.41, 5.74) is 6.95. The van der Waals surface area contributed by atoms with E-state index < -0.39 is 0 Å². The van der Waals surface area contributed by atoms with Gasteiger partial charge in [-0.25, -0.2) is 15.0 Å². The topological polar surface area (TPSA) is 51.6 Å². The predicted molar refractivity (Wildman–Crippen MR) is 241 cm³/mol. The number of aromatic nitrogens is 4. The van der Waals surface area contributed by atoms with Crippen LogP contribution in [0.5, 0.6) is 0 Å². The molecule has 0 N–H and O–H groups in total. The van der Waals surface area contributed by atoms with Crippen molar-refractivity contribution in [2.45, 2.75) is 0 Å². The maximum atomic E-state index is 5.38. The fourth-order valence-corrected chi connectivity index (χ4v) is 9.16. The Morgan fingerprint density at radius 2 is 0.741 bits per heavy atom. The van der Waals surface area contributed by atoms with Crippen LogP contribution in [-0.4, -0.2) is 19.9 Å². The molecule has 4 heteroatoms. The molecule has 0 bridgehead atoms. The smallest absolute Gasteiger partial charge is 0.164 e. The van der Waals surface area contributed by atoms with E-state index in [9.17, 15) is 0 Å². The van der Waals surface area contributed by atoms with Crippen molar-refractivity contribution in [1.82, 2.24) is 19.9 Å². The molecule has 10 aromatic carbocycles. The van der Waals surface area contributed by atoms with Crippen LogP contribution in [0.15, 0.2) is 194 Å². The van der Waals surface area contributed by atoms with E-state index in [0.717, 1.165) is 44.3 Å². The average molecular weight is 737 g/mol. The zero-order valence-corrected chi connectivity index (χ0v) is 31.3. The Hall–Kier alpha value is -7.82. The van der Waals surface area contributed by atoms with Crippen LogP contribution < -0.4 is 0 Å². The highest BCUT2D eigenvalue weighted by Gasteiger charge is 2.20. The monoisotopic (exact) mass is 736 g/mol. The van der Waals surface area contributed by atoms with Crippen molar-refractivity contribution < 1.29 is 0 Å². The molecule has 2 heterocycles. The van der Waals surface area contributed by atoms with Gasteiger partial charge >= 0.3 is 0 Å². The quantitative estimate of drug-likeness (QED) is 0.165. The summed E-state index contributed by atoms with van der Waals surface area (Å²) in [5.74, 6) is 1.83. The molecule has 2 aromatic heterocycles. The third-order valence-corrected chi connectivity index (χ3v) is 11.7. The minimum absolute atomic E-state index is 0.603. The van der Waals surface area contributed by atoms with Crippen LogP contribution >= 0.6 is 0 Å². The van der Waals surface area contributed by atoms with Gasteiger partial charge in [0.1, 0.15) is 0 Å². The van der Waals surface area contributed by atoms with Crippen LogP contribution in [0.4, 0.5) is 0 Å². The lowest BCUT2D eigenvalue weighted by Gasteiger charge is -2.17. The fraction of sp³-hybridized carbons (Fsp3) is 0. The second-order valence-corrected chi connectivity index (χ2v) is 15.0. The predicted octanol–water partition coefficient (Wildman–Crippen LogP) is 14.0. The van der Waals surface area contributed by atoms with E-state index in [2.05, 4.69) is 169 Å². The summed E-state index contributed by atoms with van der Waals surface area (Å²) in [4.78, 5) is 20.5. The lowest BCUT2D eigenvalue weighted by Crippen LogP contribution is -2.02. The molecule has 4 nitrogen and oxygen atoms in total. The molecule has 0 unspecified atom stereocenters. The van der Waals surface area contributed by atoms with Gasteiger partial charge in [-0.2, -0.15) is 0 Å². The van der Waals surface area contributed by atoms with Crippen LogP contribution in [0.2, 0.25) is 0 Å². The summed E-state index contributed by atoms with van der Waals surface area (Å²) in [6.45, 7) is 0. The SMILES string of the molecule is c1ccc(-c2ccccc2-c2nc(-c3cc4ccc5cccc6c7cccc8ccc9cccc(c(c3)c4c56)c9c87)nc(-c3ccccc3-c3cccnc3)n2)cc1. The normalized spacial score (nSPS) is 11.8. The number of rotatable bonds is 5. The van der Waals surface area contributed by atoms with Gasteiger partial charge in [0.15, 0.2) is 17.5 Å². The van der Waals surface area contributed by atoms with Gasteiger partial charge in [-0.05, 0) is 99.5 Å². The molecule has 0 aliphatic carbocycles. The first-order chi connectivity index (χ1) is 28.8. The van der Waals surface area contributed by atoms with Gasteiger partial charge in [0, 0.05) is 34.6 Å². The summed E-state index contributed by atoms with van der Waals surface area (Å²) in [6, 6.07) is 64.9. The minimum Gasteiger partial charge on any atom is -0.264 e. The zero-order valence-electron chi connectivity index (χ0n) is 31.3. The Morgan fingerprint density at radius 3 is 1.31 bits per heavy atom. The number of hydrogen-bond acceptors (Lipinski definition) is 4. The number of hydrogen-bond donors (Lipinski definition) is 0. The second kappa shape index (κ2) is 12.9. The highest BCUT2D eigenvalue weighted by atomic mass is 15.0. The Morgan fingerprint density at radius 1 is 0.276 bits per heavy atom.